The summed E-state index contributed by atoms with van der Waals surface area (Å²) >= 11 is 0. The summed E-state index contributed by atoms with van der Waals surface area (Å²) in [6.07, 6.45) is 0.391. The average molecular weight is 191 g/mol. The first kappa shape index (κ1) is 14.1. The summed E-state index contributed by atoms with van der Waals surface area (Å²) in [5.74, 6) is -0.270. The molecule has 56 valence electrons. The van der Waals surface area contributed by atoms with E-state index in [4.69, 9.17) is 0 Å². The van der Waals surface area contributed by atoms with E-state index in [9.17, 15) is 13.0 Å². The fourth-order valence-electron chi connectivity index (χ4n) is 0.426. The monoisotopic (exact) mass is 191 g/mol. The molecule has 0 saturated carbocycles. The molecule has 0 aromatic heterocycles. The SMILES string of the molecule is CNCCCS(=O)(=O)[O-].[K+]. The predicted molar refractivity (Wildman–Crippen MR) is 33.1 cm³/mol. The smallest absolute Gasteiger partial charge is 0.748 e. The minimum Gasteiger partial charge on any atom is -0.748 e. The van der Waals surface area contributed by atoms with Crippen molar-refractivity contribution in [2.75, 3.05) is 19.3 Å². The number of rotatable bonds is 4. The van der Waals surface area contributed by atoms with E-state index in [0.29, 0.717) is 13.0 Å². The Morgan fingerprint density at radius 2 is 2.00 bits per heavy atom. The average Bonchev–Trinajstić information content (AvgIpc) is 1.63. The van der Waals surface area contributed by atoms with Gasteiger partial charge in [-0.1, -0.05) is 0 Å². The first-order valence-electron chi connectivity index (χ1n) is 2.64. The molecule has 0 heterocycles. The maximum absolute atomic E-state index is 9.92. The molecule has 6 heteroatoms. The van der Waals surface area contributed by atoms with Crippen LogP contribution in [0.1, 0.15) is 6.42 Å². The summed E-state index contributed by atoms with van der Waals surface area (Å²) in [5.41, 5.74) is 0. The Labute approximate surface area is 104 Å². The van der Waals surface area contributed by atoms with Crippen LogP contribution in [0.15, 0.2) is 0 Å². The first-order chi connectivity index (χ1) is 4.06. The van der Waals surface area contributed by atoms with Gasteiger partial charge in [0.05, 0.1) is 10.1 Å². The number of hydrogen-bond donors (Lipinski definition) is 1. The van der Waals surface area contributed by atoms with Gasteiger partial charge in [0, 0.05) is 5.75 Å². The van der Waals surface area contributed by atoms with Crippen LogP contribution in [0.25, 0.3) is 0 Å². The molecule has 0 saturated heterocycles. The topological polar surface area (TPSA) is 69.2 Å². The Kier molecular flexibility index (Phi) is 10.1. The second-order valence-corrected chi connectivity index (χ2v) is 3.24. The van der Waals surface area contributed by atoms with Crippen molar-refractivity contribution in [1.82, 2.24) is 5.32 Å². The van der Waals surface area contributed by atoms with Gasteiger partial charge >= 0.3 is 51.4 Å². The summed E-state index contributed by atoms with van der Waals surface area (Å²) < 4.78 is 29.8. The minimum atomic E-state index is -3.99. The van der Waals surface area contributed by atoms with Crippen LogP contribution in [0.4, 0.5) is 0 Å². The predicted octanol–water partition coefficient (Wildman–Crippen LogP) is -3.85. The van der Waals surface area contributed by atoms with Crippen LogP contribution in [-0.4, -0.2) is 32.3 Å². The van der Waals surface area contributed by atoms with Gasteiger partial charge in [0.2, 0.25) is 0 Å². The van der Waals surface area contributed by atoms with E-state index < -0.39 is 10.1 Å². The summed E-state index contributed by atoms with van der Waals surface area (Å²) in [4.78, 5) is 0. The fourth-order valence-corrected chi connectivity index (χ4v) is 0.924. The van der Waals surface area contributed by atoms with Gasteiger partial charge in [0.25, 0.3) is 0 Å². The minimum absolute atomic E-state index is 0. The Bertz CT molecular complexity index is 156. The molecule has 0 aromatic rings. The van der Waals surface area contributed by atoms with E-state index in [1.165, 1.54) is 0 Å². The van der Waals surface area contributed by atoms with Crippen molar-refractivity contribution < 1.29 is 64.4 Å². The molecule has 0 radical (unpaired) electrons. The second kappa shape index (κ2) is 7.17. The quantitative estimate of drug-likeness (QED) is 0.281. The summed E-state index contributed by atoms with van der Waals surface area (Å²) in [7, 11) is -2.28. The van der Waals surface area contributed by atoms with Crippen LogP contribution in [0.5, 0.6) is 0 Å². The molecule has 0 amide bonds. The van der Waals surface area contributed by atoms with Crippen molar-refractivity contribution in [3.63, 3.8) is 0 Å². The van der Waals surface area contributed by atoms with Crippen LogP contribution < -0.4 is 56.7 Å². The molecular formula is C4H10KNO3S. The third-order valence-electron chi connectivity index (χ3n) is 0.821. The van der Waals surface area contributed by atoms with Crippen molar-refractivity contribution >= 4 is 10.1 Å². The Morgan fingerprint density at radius 3 is 2.30 bits per heavy atom. The van der Waals surface area contributed by atoms with Crippen LogP contribution in [0.2, 0.25) is 0 Å². The summed E-state index contributed by atoms with van der Waals surface area (Å²) in [6, 6.07) is 0. The Hall–Kier alpha value is 1.51. The molecule has 0 fully saturated rings. The van der Waals surface area contributed by atoms with Crippen molar-refractivity contribution in [2.24, 2.45) is 0 Å². The van der Waals surface area contributed by atoms with Gasteiger partial charge in [-0.05, 0) is 20.0 Å². The van der Waals surface area contributed by atoms with Crippen LogP contribution in [0.3, 0.4) is 0 Å². The van der Waals surface area contributed by atoms with E-state index in [-0.39, 0.29) is 57.1 Å². The molecule has 0 bridgehead atoms. The van der Waals surface area contributed by atoms with Gasteiger partial charge < -0.3 is 9.87 Å². The summed E-state index contributed by atoms with van der Waals surface area (Å²) in [5, 5.41) is 2.74. The van der Waals surface area contributed by atoms with Gasteiger partial charge in [0.1, 0.15) is 0 Å². The molecule has 0 rings (SSSR count). The van der Waals surface area contributed by atoms with Gasteiger partial charge in [-0.3, -0.25) is 0 Å². The van der Waals surface area contributed by atoms with Gasteiger partial charge in [-0.25, -0.2) is 8.42 Å². The van der Waals surface area contributed by atoms with E-state index in [1.807, 2.05) is 0 Å². The molecule has 0 unspecified atom stereocenters. The van der Waals surface area contributed by atoms with Crippen LogP contribution in [0, 0.1) is 0 Å². The zero-order chi connectivity index (χ0) is 7.33. The molecule has 0 atom stereocenters. The molecule has 0 aromatic carbocycles. The zero-order valence-electron chi connectivity index (χ0n) is 6.25. The maximum atomic E-state index is 9.92. The molecule has 4 nitrogen and oxygen atoms in total. The van der Waals surface area contributed by atoms with Crippen molar-refractivity contribution in [3.05, 3.63) is 0 Å². The third kappa shape index (κ3) is 12.2. The molecule has 10 heavy (non-hydrogen) atoms. The fraction of sp³-hybridized carbons (Fsp3) is 1.00. The maximum Gasteiger partial charge on any atom is 1.00 e. The second-order valence-electron chi connectivity index (χ2n) is 1.72. The normalized spacial score (nSPS) is 10.6. The van der Waals surface area contributed by atoms with E-state index in [2.05, 4.69) is 5.32 Å². The van der Waals surface area contributed by atoms with Gasteiger partial charge in [-0.2, -0.15) is 0 Å². The van der Waals surface area contributed by atoms with E-state index >= 15 is 0 Å². The first-order valence-corrected chi connectivity index (χ1v) is 4.22. The van der Waals surface area contributed by atoms with Crippen molar-refractivity contribution in [3.8, 4) is 0 Å². The van der Waals surface area contributed by atoms with Crippen LogP contribution in [-0.2, 0) is 10.1 Å². The van der Waals surface area contributed by atoms with Crippen molar-refractivity contribution in [2.45, 2.75) is 6.42 Å². The zero-order valence-corrected chi connectivity index (χ0v) is 10.2. The van der Waals surface area contributed by atoms with Crippen molar-refractivity contribution in [1.29, 1.82) is 0 Å². The molecule has 0 aliphatic heterocycles. The Morgan fingerprint density at radius 1 is 1.50 bits per heavy atom. The molecular weight excluding hydrogens is 181 g/mol. The summed E-state index contributed by atoms with van der Waals surface area (Å²) in [6.45, 7) is 0.571. The van der Waals surface area contributed by atoms with E-state index in [1.54, 1.807) is 7.05 Å². The standard InChI is InChI=1S/C4H11NO3S.K/c1-5-3-2-4-9(6,7)8;/h5H,2-4H2,1H3,(H,6,7,8);/q;+1/p-1. The molecule has 0 aliphatic carbocycles. The molecule has 0 aliphatic rings. The molecule has 1 N–H and O–H groups in total. The Balaban J connectivity index is 0. The third-order valence-corrected chi connectivity index (χ3v) is 1.61. The number of hydrogen-bond acceptors (Lipinski definition) is 4. The van der Waals surface area contributed by atoms with E-state index in [0.717, 1.165) is 0 Å². The molecule has 0 spiro atoms. The van der Waals surface area contributed by atoms with Gasteiger partial charge in [0.15, 0.2) is 0 Å². The van der Waals surface area contributed by atoms with Crippen LogP contribution >= 0.6 is 0 Å². The number of nitrogens with one attached hydrogen (secondary N) is 1. The largest absolute Gasteiger partial charge is 1.00 e. The van der Waals surface area contributed by atoms with Gasteiger partial charge in [-0.15, -0.1) is 0 Å².